The molecule has 3 saturated heterocycles. The molecule has 3 fully saturated rings. The average Bonchev–Trinajstić information content (AvgIpc) is 3.51. The highest BCUT2D eigenvalue weighted by atomic mass is 32.2. The van der Waals surface area contributed by atoms with Crippen LogP contribution in [0.25, 0.3) is 6.08 Å². The summed E-state index contributed by atoms with van der Waals surface area (Å²) >= 11 is 1.18. The minimum absolute atomic E-state index is 0.0220. The molecule has 0 aliphatic carbocycles. The second kappa shape index (κ2) is 18.6. The number of unbranched alkanes of at least 4 members (excludes halogenated alkanes) is 1. The van der Waals surface area contributed by atoms with E-state index in [9.17, 15) is 33.6 Å². The number of likely N-dealkylation sites (tertiary alicyclic amines) is 1. The molecule has 0 spiro atoms. The predicted octanol–water partition coefficient (Wildman–Crippen LogP) is 3.17. The summed E-state index contributed by atoms with van der Waals surface area (Å²) in [5.41, 5.74) is 1.79. The summed E-state index contributed by atoms with van der Waals surface area (Å²) in [6, 6.07) is 11.2. The number of benzene rings is 1. The number of nitrogens with zero attached hydrogens (tertiary/aromatic N) is 6. The molecular formula is C42H46N8O7S. The number of amides is 7. The normalized spacial score (nSPS) is 18.8. The number of pyridine rings is 2. The van der Waals surface area contributed by atoms with E-state index in [0.29, 0.717) is 62.2 Å². The first-order valence-electron chi connectivity index (χ1n) is 19.8. The van der Waals surface area contributed by atoms with Gasteiger partial charge in [-0.2, -0.15) is 0 Å². The minimum atomic E-state index is -1.06. The van der Waals surface area contributed by atoms with Crippen LogP contribution >= 0.6 is 11.8 Å². The number of fused-ring (bicyclic) bond motifs is 1. The van der Waals surface area contributed by atoms with Gasteiger partial charge in [-0.05, 0) is 73.6 Å². The van der Waals surface area contributed by atoms with Crippen LogP contribution in [0.2, 0.25) is 0 Å². The number of hydrogen-bond acceptors (Lipinski definition) is 11. The van der Waals surface area contributed by atoms with Gasteiger partial charge in [-0.25, -0.2) is 4.98 Å². The van der Waals surface area contributed by atoms with Crippen LogP contribution in [0.5, 0.6) is 0 Å². The van der Waals surface area contributed by atoms with E-state index in [-0.39, 0.29) is 47.4 Å². The summed E-state index contributed by atoms with van der Waals surface area (Å²) in [5.74, 6) is -1.17. The lowest BCUT2D eigenvalue weighted by Crippen LogP contribution is -2.54. The zero-order chi connectivity index (χ0) is 40.6. The summed E-state index contributed by atoms with van der Waals surface area (Å²) in [5, 5.41) is 5.14. The van der Waals surface area contributed by atoms with Gasteiger partial charge in [-0.15, -0.1) is 11.8 Å². The molecule has 2 N–H and O–H groups in total. The van der Waals surface area contributed by atoms with Crippen LogP contribution in [0, 0.1) is 5.92 Å². The van der Waals surface area contributed by atoms with Gasteiger partial charge in [0.2, 0.25) is 23.6 Å². The Balaban J connectivity index is 0.806. The number of nitrogens with one attached hydrogen (secondary N) is 2. The molecule has 6 heterocycles. The van der Waals surface area contributed by atoms with Gasteiger partial charge < -0.3 is 20.0 Å². The lowest BCUT2D eigenvalue weighted by Gasteiger charge is -2.35. The maximum Gasteiger partial charge on any atom is 0.263 e. The molecule has 3 aromatic rings. The molecule has 58 heavy (non-hydrogen) atoms. The molecule has 0 bridgehead atoms. The lowest BCUT2D eigenvalue weighted by atomic mass is 9.91. The van der Waals surface area contributed by atoms with E-state index in [1.54, 1.807) is 41.7 Å². The van der Waals surface area contributed by atoms with E-state index in [1.807, 2.05) is 29.2 Å². The molecule has 302 valence electrons. The summed E-state index contributed by atoms with van der Waals surface area (Å²) in [6.45, 7) is 4.12. The molecule has 0 saturated carbocycles. The standard InChI is InChI=1S/C42H46N8O7S/c51-35(13-9-29-6-4-17-43-25-29)44-18-2-1-5-28-15-19-49(20-16-28)40(55)30-10-12-34(45-26-30)47-21-23-48(24-22-47)37(53)27-58-33-8-3-7-31-38(33)42(57)50(41(31)56)32-11-14-36(52)46-39(32)54/h3-4,6-10,12-13,17,25-26,28,32H,1-2,5,11,14-16,18-24,27H2,(H,44,51)(H,46,52,54)/b13-9+. The molecule has 0 radical (unpaired) electrons. The Morgan fingerprint density at radius 1 is 0.862 bits per heavy atom. The number of carbonyl (C=O) groups excluding carboxylic acids is 7. The van der Waals surface area contributed by atoms with Gasteiger partial charge in [0, 0.05) is 81.8 Å². The fraction of sp³-hybridized carbons (Fsp3) is 0.405. The van der Waals surface area contributed by atoms with E-state index in [1.165, 1.54) is 23.9 Å². The van der Waals surface area contributed by atoms with Crippen LogP contribution < -0.4 is 15.5 Å². The van der Waals surface area contributed by atoms with Crippen molar-refractivity contribution >= 4 is 65.0 Å². The second-order valence-electron chi connectivity index (χ2n) is 14.8. The number of anilines is 1. The zero-order valence-corrected chi connectivity index (χ0v) is 33.0. The number of carbonyl (C=O) groups is 7. The van der Waals surface area contributed by atoms with Gasteiger partial charge in [0.15, 0.2) is 0 Å². The molecule has 16 heteroatoms. The minimum Gasteiger partial charge on any atom is -0.353 e. The molecule has 4 aliphatic rings. The van der Waals surface area contributed by atoms with E-state index in [2.05, 4.69) is 25.5 Å². The molecular weight excluding hydrogens is 761 g/mol. The quantitative estimate of drug-likeness (QED) is 0.112. The Hall–Kier alpha value is -5.90. The van der Waals surface area contributed by atoms with Crippen molar-refractivity contribution in [2.75, 3.05) is 56.5 Å². The van der Waals surface area contributed by atoms with Gasteiger partial charge >= 0.3 is 0 Å². The average molecular weight is 807 g/mol. The number of rotatable bonds is 13. The third-order valence-corrected chi connectivity index (χ3v) is 12.1. The van der Waals surface area contributed by atoms with Crippen LogP contribution in [0.3, 0.4) is 0 Å². The van der Waals surface area contributed by atoms with Gasteiger partial charge in [0.1, 0.15) is 11.9 Å². The highest BCUT2D eigenvalue weighted by Gasteiger charge is 2.45. The smallest absolute Gasteiger partial charge is 0.263 e. The van der Waals surface area contributed by atoms with Crippen LogP contribution in [-0.2, 0) is 19.2 Å². The zero-order valence-electron chi connectivity index (χ0n) is 32.1. The van der Waals surface area contributed by atoms with Crippen LogP contribution in [0.15, 0.2) is 72.0 Å². The van der Waals surface area contributed by atoms with Gasteiger partial charge in [0.05, 0.1) is 22.4 Å². The Kier molecular flexibility index (Phi) is 12.9. The predicted molar refractivity (Wildman–Crippen MR) is 216 cm³/mol. The number of hydrogen-bond donors (Lipinski definition) is 2. The van der Waals surface area contributed by atoms with E-state index >= 15 is 0 Å². The molecule has 15 nitrogen and oxygen atoms in total. The number of imide groups is 2. The van der Waals surface area contributed by atoms with Crippen molar-refractivity contribution in [3.8, 4) is 0 Å². The Morgan fingerprint density at radius 3 is 2.40 bits per heavy atom. The van der Waals surface area contributed by atoms with Crippen molar-refractivity contribution in [2.24, 2.45) is 5.92 Å². The highest BCUT2D eigenvalue weighted by molar-refractivity contribution is 8.00. The Morgan fingerprint density at radius 2 is 1.67 bits per heavy atom. The van der Waals surface area contributed by atoms with Gasteiger partial charge in [-0.1, -0.05) is 25.0 Å². The van der Waals surface area contributed by atoms with Crippen molar-refractivity contribution in [2.45, 2.75) is 55.9 Å². The fourth-order valence-corrected chi connectivity index (χ4v) is 8.78. The highest BCUT2D eigenvalue weighted by Crippen LogP contribution is 2.35. The third-order valence-electron chi connectivity index (χ3n) is 11.1. The maximum absolute atomic E-state index is 13.4. The lowest BCUT2D eigenvalue weighted by molar-refractivity contribution is -0.136. The van der Waals surface area contributed by atoms with Crippen LogP contribution in [0.4, 0.5) is 5.82 Å². The summed E-state index contributed by atoms with van der Waals surface area (Å²) in [6.07, 6.45) is 13.3. The summed E-state index contributed by atoms with van der Waals surface area (Å²) in [7, 11) is 0. The maximum atomic E-state index is 13.4. The second-order valence-corrected chi connectivity index (χ2v) is 15.8. The number of piperazine rings is 1. The summed E-state index contributed by atoms with van der Waals surface area (Å²) in [4.78, 5) is 105. The van der Waals surface area contributed by atoms with Crippen molar-refractivity contribution in [1.82, 2.24) is 35.3 Å². The van der Waals surface area contributed by atoms with Crippen LogP contribution in [0.1, 0.15) is 81.6 Å². The van der Waals surface area contributed by atoms with Gasteiger partial charge in [0.25, 0.3) is 17.7 Å². The molecule has 4 aliphatic heterocycles. The summed E-state index contributed by atoms with van der Waals surface area (Å²) < 4.78 is 0. The molecule has 7 rings (SSSR count). The van der Waals surface area contributed by atoms with Gasteiger partial charge in [-0.3, -0.25) is 48.8 Å². The van der Waals surface area contributed by atoms with Crippen LogP contribution in [-0.4, -0.2) is 124 Å². The van der Waals surface area contributed by atoms with E-state index in [0.717, 1.165) is 48.4 Å². The number of aromatic nitrogens is 2. The fourth-order valence-electron chi connectivity index (χ4n) is 7.80. The van der Waals surface area contributed by atoms with Crippen molar-refractivity contribution in [3.63, 3.8) is 0 Å². The first kappa shape index (κ1) is 40.3. The molecule has 2 aromatic heterocycles. The first-order valence-corrected chi connectivity index (χ1v) is 20.8. The Bertz CT molecular complexity index is 2080. The van der Waals surface area contributed by atoms with E-state index in [4.69, 9.17) is 0 Å². The number of thioether (sulfide) groups is 1. The first-order chi connectivity index (χ1) is 28.2. The number of piperidine rings is 2. The monoisotopic (exact) mass is 806 g/mol. The molecule has 1 atom stereocenters. The largest absolute Gasteiger partial charge is 0.353 e. The molecule has 7 amide bonds. The van der Waals surface area contributed by atoms with E-state index < -0.39 is 29.7 Å². The molecule has 1 aromatic carbocycles. The topological polar surface area (TPSA) is 182 Å². The SMILES string of the molecule is O=C(/C=C/c1cccnc1)NCCCCC1CCN(C(=O)c2ccc(N3CCN(C(=O)CSc4cccc5c4C(=O)N(C4CCC(=O)NC4=O)C5=O)CC3)nc2)CC1. The van der Waals surface area contributed by atoms with Crippen molar-refractivity contribution in [1.29, 1.82) is 0 Å². The van der Waals surface area contributed by atoms with Crippen molar-refractivity contribution in [3.05, 3.63) is 89.4 Å². The molecule has 1 unspecified atom stereocenters. The van der Waals surface area contributed by atoms with Crippen molar-refractivity contribution < 1.29 is 33.6 Å². The Labute approximate surface area is 340 Å². The third kappa shape index (κ3) is 9.44.